The van der Waals surface area contributed by atoms with E-state index in [9.17, 15) is 8.42 Å². The van der Waals surface area contributed by atoms with Gasteiger partial charge in [-0.15, -0.1) is 0 Å². The predicted octanol–water partition coefficient (Wildman–Crippen LogP) is 2.73. The molecule has 14 heavy (non-hydrogen) atoms. The molecule has 0 rings (SSSR count). The van der Waals surface area contributed by atoms with E-state index in [2.05, 4.69) is 20.8 Å². The SMILES string of the molecule is CCC(C)(C)CC(C)(C)CS(=O)(=O)O. The van der Waals surface area contributed by atoms with Crippen LogP contribution in [0.25, 0.3) is 0 Å². The molecule has 4 heteroatoms. The second kappa shape index (κ2) is 4.19. The van der Waals surface area contributed by atoms with E-state index >= 15 is 0 Å². The van der Waals surface area contributed by atoms with Crippen molar-refractivity contribution in [3.05, 3.63) is 0 Å². The van der Waals surface area contributed by atoms with E-state index < -0.39 is 10.1 Å². The highest BCUT2D eigenvalue weighted by molar-refractivity contribution is 7.85. The standard InChI is InChI=1S/C10H22O3S/c1-6-9(2,3)7-10(4,5)8-14(11,12)13/h6-8H2,1-5H3,(H,11,12,13). The molecule has 86 valence electrons. The monoisotopic (exact) mass is 222 g/mol. The Morgan fingerprint density at radius 1 is 1.07 bits per heavy atom. The zero-order valence-corrected chi connectivity index (χ0v) is 10.6. The molecule has 0 saturated heterocycles. The molecule has 0 saturated carbocycles. The zero-order valence-electron chi connectivity index (χ0n) is 9.79. The average Bonchev–Trinajstić information content (AvgIpc) is 1.78. The number of hydrogen-bond acceptors (Lipinski definition) is 2. The van der Waals surface area contributed by atoms with Gasteiger partial charge in [0.2, 0.25) is 0 Å². The van der Waals surface area contributed by atoms with Crippen molar-refractivity contribution < 1.29 is 13.0 Å². The third-order valence-electron chi connectivity index (χ3n) is 2.49. The summed E-state index contributed by atoms with van der Waals surface area (Å²) in [6.07, 6.45) is 1.79. The van der Waals surface area contributed by atoms with E-state index in [1.165, 1.54) is 0 Å². The molecule has 0 bridgehead atoms. The van der Waals surface area contributed by atoms with E-state index in [0.29, 0.717) is 0 Å². The van der Waals surface area contributed by atoms with Crippen LogP contribution in [0.1, 0.15) is 47.5 Å². The second-order valence-electron chi connectivity index (χ2n) is 5.59. The van der Waals surface area contributed by atoms with Gasteiger partial charge in [-0.2, -0.15) is 8.42 Å². The molecule has 3 nitrogen and oxygen atoms in total. The van der Waals surface area contributed by atoms with Crippen LogP contribution in [0.4, 0.5) is 0 Å². The number of rotatable bonds is 5. The van der Waals surface area contributed by atoms with E-state index in [1.807, 2.05) is 13.8 Å². The van der Waals surface area contributed by atoms with Gasteiger partial charge >= 0.3 is 0 Å². The highest BCUT2D eigenvalue weighted by Gasteiger charge is 2.31. The third-order valence-corrected chi connectivity index (χ3v) is 3.63. The molecule has 0 aliphatic rings. The molecule has 1 N–H and O–H groups in total. The van der Waals surface area contributed by atoms with E-state index in [1.54, 1.807) is 0 Å². The zero-order chi connectivity index (χ0) is 11.6. The summed E-state index contributed by atoms with van der Waals surface area (Å²) in [6, 6.07) is 0. The first-order chi connectivity index (χ1) is 5.97. The van der Waals surface area contributed by atoms with Gasteiger partial charge in [0.1, 0.15) is 0 Å². The molecule has 0 aliphatic heterocycles. The van der Waals surface area contributed by atoms with Crippen LogP contribution in [0.2, 0.25) is 0 Å². The van der Waals surface area contributed by atoms with Gasteiger partial charge in [-0.1, -0.05) is 41.0 Å². The average molecular weight is 222 g/mol. The lowest BCUT2D eigenvalue weighted by Gasteiger charge is -2.33. The lowest BCUT2D eigenvalue weighted by Crippen LogP contribution is -2.29. The predicted molar refractivity (Wildman–Crippen MR) is 58.9 cm³/mol. The van der Waals surface area contributed by atoms with Crippen LogP contribution >= 0.6 is 0 Å². The van der Waals surface area contributed by atoms with Gasteiger partial charge in [0, 0.05) is 0 Å². The third kappa shape index (κ3) is 6.38. The van der Waals surface area contributed by atoms with Gasteiger partial charge in [-0.3, -0.25) is 4.55 Å². The van der Waals surface area contributed by atoms with Gasteiger partial charge in [0.15, 0.2) is 0 Å². The normalized spacial score (nSPS) is 14.4. The van der Waals surface area contributed by atoms with Gasteiger partial charge in [-0.25, -0.2) is 0 Å². The fourth-order valence-electron chi connectivity index (χ4n) is 1.97. The molecule has 0 amide bonds. The van der Waals surface area contributed by atoms with Crippen molar-refractivity contribution in [2.75, 3.05) is 5.75 Å². The Balaban J connectivity index is 4.50. The van der Waals surface area contributed by atoms with Gasteiger partial charge in [0.05, 0.1) is 5.75 Å². The molecule has 0 aromatic heterocycles. The van der Waals surface area contributed by atoms with Crippen LogP contribution in [-0.2, 0) is 10.1 Å². The Hall–Kier alpha value is -0.0900. The molecule has 0 radical (unpaired) electrons. The summed E-state index contributed by atoms with van der Waals surface area (Å²) in [5, 5.41) is 0. The van der Waals surface area contributed by atoms with E-state index in [-0.39, 0.29) is 16.6 Å². The van der Waals surface area contributed by atoms with Gasteiger partial charge in [-0.05, 0) is 17.3 Å². The number of hydrogen-bond donors (Lipinski definition) is 1. The van der Waals surface area contributed by atoms with Crippen LogP contribution in [0.3, 0.4) is 0 Å². The first kappa shape index (κ1) is 13.9. The minimum atomic E-state index is -3.86. The second-order valence-corrected chi connectivity index (χ2v) is 7.04. The topological polar surface area (TPSA) is 54.4 Å². The first-order valence-corrected chi connectivity index (χ1v) is 6.54. The van der Waals surface area contributed by atoms with Crippen molar-refractivity contribution in [1.29, 1.82) is 0 Å². The smallest absolute Gasteiger partial charge is 0.265 e. The summed E-state index contributed by atoms with van der Waals surface area (Å²) >= 11 is 0. The Bertz CT molecular complexity index is 276. The molecule has 0 unspecified atom stereocenters. The highest BCUT2D eigenvalue weighted by Crippen LogP contribution is 2.36. The summed E-state index contributed by atoms with van der Waals surface area (Å²) < 4.78 is 30.3. The molecular weight excluding hydrogens is 200 g/mol. The van der Waals surface area contributed by atoms with Crippen molar-refractivity contribution in [2.24, 2.45) is 10.8 Å². The summed E-state index contributed by atoms with van der Waals surface area (Å²) in [6.45, 7) is 10.1. The molecule has 0 aliphatic carbocycles. The highest BCUT2D eigenvalue weighted by atomic mass is 32.2. The van der Waals surface area contributed by atoms with Crippen molar-refractivity contribution in [3.8, 4) is 0 Å². The van der Waals surface area contributed by atoms with Crippen molar-refractivity contribution in [1.82, 2.24) is 0 Å². The van der Waals surface area contributed by atoms with Crippen molar-refractivity contribution >= 4 is 10.1 Å². The van der Waals surface area contributed by atoms with Crippen LogP contribution in [0.15, 0.2) is 0 Å². The molecule has 0 spiro atoms. The van der Waals surface area contributed by atoms with Crippen LogP contribution in [-0.4, -0.2) is 18.7 Å². The Morgan fingerprint density at radius 2 is 1.50 bits per heavy atom. The molecule has 0 fully saturated rings. The fourth-order valence-corrected chi connectivity index (χ4v) is 3.05. The minimum absolute atomic E-state index is 0.119. The first-order valence-electron chi connectivity index (χ1n) is 4.93. The Morgan fingerprint density at radius 3 is 1.79 bits per heavy atom. The quantitative estimate of drug-likeness (QED) is 0.728. The van der Waals surface area contributed by atoms with Crippen molar-refractivity contribution in [3.63, 3.8) is 0 Å². The Kier molecular flexibility index (Phi) is 4.16. The summed E-state index contributed by atoms with van der Waals surface area (Å²) in [5.74, 6) is -0.163. The van der Waals surface area contributed by atoms with E-state index in [4.69, 9.17) is 4.55 Å². The largest absolute Gasteiger partial charge is 0.286 e. The maximum absolute atomic E-state index is 10.8. The maximum Gasteiger partial charge on any atom is 0.265 e. The van der Waals surface area contributed by atoms with Gasteiger partial charge in [0.25, 0.3) is 10.1 Å². The van der Waals surface area contributed by atoms with Crippen molar-refractivity contribution in [2.45, 2.75) is 47.5 Å². The van der Waals surface area contributed by atoms with E-state index in [0.717, 1.165) is 12.8 Å². The lowest BCUT2D eigenvalue weighted by atomic mass is 9.75. The fraction of sp³-hybridized carbons (Fsp3) is 1.00. The molecule has 0 aromatic rings. The molecule has 0 atom stereocenters. The van der Waals surface area contributed by atoms with Crippen LogP contribution in [0, 0.1) is 10.8 Å². The maximum atomic E-state index is 10.8. The molecular formula is C10H22O3S. The summed E-state index contributed by atoms with van der Waals surface area (Å²) in [5.41, 5.74) is -0.249. The Labute approximate surface area is 87.7 Å². The molecule has 0 heterocycles. The molecule has 0 aromatic carbocycles. The summed E-state index contributed by atoms with van der Waals surface area (Å²) in [4.78, 5) is 0. The summed E-state index contributed by atoms with van der Waals surface area (Å²) in [7, 11) is -3.86. The lowest BCUT2D eigenvalue weighted by molar-refractivity contribution is 0.206. The van der Waals surface area contributed by atoms with Crippen LogP contribution in [0.5, 0.6) is 0 Å². The minimum Gasteiger partial charge on any atom is -0.286 e. The van der Waals surface area contributed by atoms with Gasteiger partial charge < -0.3 is 0 Å². The van der Waals surface area contributed by atoms with Crippen LogP contribution < -0.4 is 0 Å².